The van der Waals surface area contributed by atoms with Crippen molar-refractivity contribution in [3.63, 3.8) is 0 Å². The molecule has 2 aliphatic carbocycles. The standard InChI is InChI=1S/C28H32N4O6S2.C24H26N4O4S.C4H6O2S.C2HF3O2/c1-37-23-9-6-20(15-24(23)38-2)26(33)29-17-18-4-3-5-19(14-18)27(34)31-28-30-22-8-7-21(16-25(22)39-28)32-10-12-40(35,36)13-11-32;1-31-19-9-6-16(11-20(19)32-2)22(29)26-13-14-4-3-5-15(10-14)23(30)28-24-27-18-8-7-17(25)12-21(18)33-24;1-3-7(5,6)4-2;3-2(4,5)1(6)7/h3-6,9,14-15,21H,7-8,10-13,16-17H2,1-2H3,(H,29,33)(H,30,31,34);3-6,9-11,17H,7-8,12-13,25H2,1-2H3,(H,26,29)(H,27,28,30);3-4H,1-2H2;(H,6,7)/t;17-;;/m.0../s1. The minimum absolute atomic E-state index is 0.160. The van der Waals surface area contributed by atoms with Gasteiger partial charge in [0.05, 0.1) is 51.3 Å². The van der Waals surface area contributed by atoms with Gasteiger partial charge in [0.1, 0.15) is 0 Å². The number of methoxy groups -OCH3 is 4. The number of amides is 4. The van der Waals surface area contributed by atoms with Gasteiger partial charge in [-0.05, 0) is 110 Å². The number of hydrogen-bond acceptors (Lipinski definition) is 19. The SMILES string of the molecule is C=CS(=O)(=O)C=C.COc1ccc(C(=O)NCc2cccc(C(=O)Nc3nc4c(s3)CC(N3CCS(=O)(=O)CC3)CC4)c2)cc1OC.COc1ccc(C(=O)NCc2cccc(C(=O)Nc3nc4c(s3)C[C@@H](N)CC4)c2)cc1OC.O=C(O)C(F)(F)F. The van der Waals surface area contributed by atoms with Crippen LogP contribution in [-0.4, -0.2) is 138 Å². The van der Waals surface area contributed by atoms with Crippen LogP contribution < -0.4 is 45.9 Å². The number of carbonyl (C=O) groups is 5. The Labute approximate surface area is 508 Å². The van der Waals surface area contributed by atoms with E-state index in [2.05, 4.69) is 49.3 Å². The van der Waals surface area contributed by atoms with Gasteiger partial charge in [0.25, 0.3) is 23.6 Å². The molecule has 1 saturated heterocycles. The maximum Gasteiger partial charge on any atom is 0.490 e. The highest BCUT2D eigenvalue weighted by molar-refractivity contribution is 7.97. The van der Waals surface area contributed by atoms with Crippen molar-refractivity contribution in [2.75, 3.05) is 63.7 Å². The molecule has 1 aliphatic heterocycles. The van der Waals surface area contributed by atoms with Crippen molar-refractivity contribution >= 4 is 82.2 Å². The van der Waals surface area contributed by atoms with Gasteiger partial charge in [0.2, 0.25) is 0 Å². The van der Waals surface area contributed by atoms with Crippen LogP contribution in [0.5, 0.6) is 23.0 Å². The van der Waals surface area contributed by atoms with Gasteiger partial charge in [-0.1, -0.05) is 37.4 Å². The van der Waals surface area contributed by atoms with Crippen molar-refractivity contribution in [2.45, 2.75) is 69.9 Å². The largest absolute Gasteiger partial charge is 0.493 e. The molecule has 22 nitrogen and oxygen atoms in total. The Hall–Kier alpha value is -8.22. The number of ether oxygens (including phenoxy) is 4. The second kappa shape index (κ2) is 30.9. The van der Waals surface area contributed by atoms with E-state index in [1.165, 1.54) is 44.0 Å². The minimum atomic E-state index is -5.08. The molecular weight excluding hydrogens is 1220 g/mol. The number of fused-ring (bicyclic) bond motifs is 2. The number of carbonyl (C=O) groups excluding carboxylic acids is 4. The summed E-state index contributed by atoms with van der Waals surface area (Å²) in [5.74, 6) is -1.30. The number of anilines is 2. The average molecular weight is 1280 g/mol. The molecule has 2 aromatic heterocycles. The second-order valence-electron chi connectivity index (χ2n) is 19.4. The van der Waals surface area contributed by atoms with Crippen LogP contribution in [0.15, 0.2) is 109 Å². The fourth-order valence-electron chi connectivity index (χ4n) is 8.84. The number of aliphatic carboxylic acids is 1. The molecule has 4 aromatic carbocycles. The first-order chi connectivity index (χ1) is 41.3. The van der Waals surface area contributed by atoms with Crippen LogP contribution in [-0.2, 0) is 63.2 Å². The van der Waals surface area contributed by atoms with E-state index in [0.29, 0.717) is 74.6 Å². The van der Waals surface area contributed by atoms with Crippen LogP contribution in [0.4, 0.5) is 23.4 Å². The molecule has 1 fully saturated rings. The fraction of sp³-hybridized carbons (Fsp3) is 0.328. The third-order valence-electron chi connectivity index (χ3n) is 13.5. The first-order valence-electron chi connectivity index (χ1n) is 26.6. The van der Waals surface area contributed by atoms with Crippen molar-refractivity contribution in [1.82, 2.24) is 25.5 Å². The van der Waals surface area contributed by atoms with E-state index < -0.39 is 31.8 Å². The zero-order valence-electron chi connectivity index (χ0n) is 47.7. The molecule has 9 rings (SSSR count). The van der Waals surface area contributed by atoms with Crippen LogP contribution >= 0.6 is 22.7 Å². The van der Waals surface area contributed by atoms with Crippen LogP contribution in [0.3, 0.4) is 0 Å². The summed E-state index contributed by atoms with van der Waals surface area (Å²) in [4.78, 5) is 73.7. The summed E-state index contributed by atoms with van der Waals surface area (Å²) in [6, 6.07) is 24.6. The number of thiazole rings is 2. The highest BCUT2D eigenvalue weighted by Gasteiger charge is 2.38. The summed E-state index contributed by atoms with van der Waals surface area (Å²) in [6.07, 6.45) is 0.0434. The Balaban J connectivity index is 0.000000230. The smallest absolute Gasteiger partial charge is 0.490 e. The number of nitrogens with one attached hydrogen (secondary N) is 4. The summed E-state index contributed by atoms with van der Waals surface area (Å²) in [6.45, 7) is 7.77. The lowest BCUT2D eigenvalue weighted by atomic mass is 9.96. The van der Waals surface area contributed by atoms with Crippen LogP contribution in [0, 0.1) is 0 Å². The van der Waals surface area contributed by atoms with Crippen molar-refractivity contribution in [1.29, 1.82) is 0 Å². The average Bonchev–Trinajstić information content (AvgIpc) is 3.68. The maximum absolute atomic E-state index is 13.0. The van der Waals surface area contributed by atoms with E-state index in [1.807, 2.05) is 12.1 Å². The zero-order valence-corrected chi connectivity index (χ0v) is 51.0. The molecule has 29 heteroatoms. The number of aryl methyl sites for hydroxylation is 2. The van der Waals surface area contributed by atoms with E-state index in [-0.39, 0.29) is 54.3 Å². The molecule has 2 atom stereocenters. The first-order valence-corrected chi connectivity index (χ1v) is 31.6. The molecule has 0 spiro atoms. The zero-order chi connectivity index (χ0) is 63.6. The number of sulfone groups is 2. The Morgan fingerprint density at radius 2 is 1.08 bits per heavy atom. The third-order valence-corrected chi connectivity index (χ3v) is 18.1. The molecule has 0 bridgehead atoms. The van der Waals surface area contributed by atoms with Gasteiger partial charge in [-0.2, -0.15) is 13.2 Å². The summed E-state index contributed by atoms with van der Waals surface area (Å²) < 4.78 is 96.5. The molecule has 1 unspecified atom stereocenters. The highest BCUT2D eigenvalue weighted by atomic mass is 32.2. The van der Waals surface area contributed by atoms with Crippen molar-refractivity contribution in [2.24, 2.45) is 5.73 Å². The summed E-state index contributed by atoms with van der Waals surface area (Å²) in [5, 5.41) is 21.5. The number of aromatic nitrogens is 2. The lowest BCUT2D eigenvalue weighted by Gasteiger charge is -2.36. The first kappa shape index (κ1) is 67.9. The molecule has 466 valence electrons. The van der Waals surface area contributed by atoms with E-state index in [9.17, 15) is 49.2 Å². The monoisotopic (exact) mass is 1280 g/mol. The molecule has 4 amide bonds. The number of hydrogen-bond donors (Lipinski definition) is 6. The van der Waals surface area contributed by atoms with E-state index >= 15 is 0 Å². The van der Waals surface area contributed by atoms with Gasteiger partial charge >= 0.3 is 12.1 Å². The van der Waals surface area contributed by atoms with Crippen LogP contribution in [0.2, 0.25) is 0 Å². The highest BCUT2D eigenvalue weighted by Crippen LogP contribution is 2.34. The van der Waals surface area contributed by atoms with Crippen LogP contribution in [0.1, 0.15) is 86.5 Å². The molecule has 87 heavy (non-hydrogen) atoms. The topological polar surface area (TPSA) is 314 Å². The molecule has 3 heterocycles. The minimum Gasteiger partial charge on any atom is -0.493 e. The fourth-order valence-corrected chi connectivity index (χ4v) is 12.4. The number of carboxylic acid groups (broad SMARTS) is 1. The van der Waals surface area contributed by atoms with Crippen molar-refractivity contribution in [3.8, 4) is 23.0 Å². The number of alkyl halides is 3. The Bertz CT molecular complexity index is 3680. The molecule has 0 radical (unpaired) electrons. The number of rotatable bonds is 17. The second-order valence-corrected chi connectivity index (χ2v) is 25.7. The van der Waals surface area contributed by atoms with Crippen molar-refractivity contribution in [3.05, 3.63) is 163 Å². The number of nitrogens with two attached hydrogens (primary N) is 1. The normalized spacial score (nSPS) is 15.8. The van der Waals surface area contributed by atoms with Gasteiger partial charge < -0.3 is 40.4 Å². The maximum atomic E-state index is 13.0. The molecule has 0 saturated carbocycles. The molecule has 3 aliphatic rings. The van der Waals surface area contributed by atoms with Gasteiger partial charge in [-0.25, -0.2) is 31.6 Å². The quantitative estimate of drug-likeness (QED) is 0.0518. The van der Waals surface area contributed by atoms with Gasteiger partial charge in [-0.3, -0.25) is 34.7 Å². The summed E-state index contributed by atoms with van der Waals surface area (Å²) >= 11 is 2.97. The van der Waals surface area contributed by atoms with E-state index in [1.54, 1.807) is 79.9 Å². The predicted octanol–water partition coefficient (Wildman–Crippen LogP) is 7.41. The number of benzene rings is 4. The van der Waals surface area contributed by atoms with Gasteiger partial charge in [-0.15, -0.1) is 22.7 Å². The Morgan fingerprint density at radius 1 is 0.667 bits per heavy atom. The predicted molar refractivity (Wildman–Crippen MR) is 323 cm³/mol. The number of carboxylic acids is 1. The van der Waals surface area contributed by atoms with Gasteiger partial charge in [0, 0.05) is 81.1 Å². The lowest BCUT2D eigenvalue weighted by molar-refractivity contribution is -0.192. The molecular formula is C58H65F3N8O14S4. The Kier molecular flexibility index (Phi) is 24.1. The van der Waals surface area contributed by atoms with Crippen molar-refractivity contribution < 1.29 is 78.0 Å². The third kappa shape index (κ3) is 19.9. The van der Waals surface area contributed by atoms with Crippen LogP contribution in [0.25, 0.3) is 0 Å². The molecule has 7 N–H and O–H groups in total. The number of halogens is 3. The lowest BCUT2D eigenvalue weighted by Crippen LogP contribution is -2.47. The Morgan fingerprint density at radius 3 is 1.48 bits per heavy atom. The summed E-state index contributed by atoms with van der Waals surface area (Å²) in [5.41, 5.74) is 11.5. The summed E-state index contributed by atoms with van der Waals surface area (Å²) in [7, 11) is 0.0708. The number of nitrogens with zero attached hydrogens (tertiary/aromatic N) is 3. The van der Waals surface area contributed by atoms with Gasteiger partial charge in [0.15, 0.2) is 52.9 Å². The van der Waals surface area contributed by atoms with E-state index in [4.69, 9.17) is 34.6 Å². The van der Waals surface area contributed by atoms with E-state index in [0.717, 1.165) is 81.6 Å². The molecule has 6 aromatic rings.